The van der Waals surface area contributed by atoms with Crippen LogP contribution in [-0.4, -0.2) is 47.8 Å². The van der Waals surface area contributed by atoms with Gasteiger partial charge in [-0.2, -0.15) is 0 Å². The van der Waals surface area contributed by atoms with E-state index in [1.165, 1.54) is 0 Å². The Morgan fingerprint density at radius 2 is 1.92 bits per heavy atom. The topological polar surface area (TPSA) is 78.5 Å². The summed E-state index contributed by atoms with van der Waals surface area (Å²) in [6.45, 7) is 10.7. The van der Waals surface area contributed by atoms with Crippen molar-refractivity contribution in [3.8, 4) is 0 Å². The highest BCUT2D eigenvalue weighted by Crippen LogP contribution is 2.50. The molecular weight excluding hydrogens is 306 g/mol. The normalized spacial score (nSPS) is 26.5. The lowest BCUT2D eigenvalue weighted by atomic mass is 9.81. The molecule has 0 aromatic heterocycles. The largest absolute Gasteiger partial charge is 0.338 e. The third-order valence-corrected chi connectivity index (χ3v) is 5.60. The van der Waals surface area contributed by atoms with Crippen LogP contribution >= 0.6 is 0 Å². The second kappa shape index (κ2) is 7.11. The number of amides is 3. The Morgan fingerprint density at radius 1 is 1.25 bits per heavy atom. The van der Waals surface area contributed by atoms with Crippen molar-refractivity contribution < 1.29 is 14.4 Å². The molecule has 24 heavy (non-hydrogen) atoms. The predicted molar refractivity (Wildman–Crippen MR) is 92.5 cm³/mol. The van der Waals surface area contributed by atoms with Gasteiger partial charge in [-0.25, -0.2) is 4.79 Å². The van der Waals surface area contributed by atoms with Crippen molar-refractivity contribution in [2.75, 3.05) is 13.1 Å². The summed E-state index contributed by atoms with van der Waals surface area (Å²) in [5.74, 6) is 0.714. The number of hydrogen-bond acceptors (Lipinski definition) is 3. The minimum absolute atomic E-state index is 0.0526. The summed E-state index contributed by atoms with van der Waals surface area (Å²) in [6, 6.07) is -1.25. The first-order valence-electron chi connectivity index (χ1n) is 9.08. The molecule has 1 heterocycles. The van der Waals surface area contributed by atoms with Crippen molar-refractivity contribution in [3.05, 3.63) is 0 Å². The number of carbonyl (C=O) groups is 3. The molecule has 1 saturated carbocycles. The summed E-state index contributed by atoms with van der Waals surface area (Å²) in [4.78, 5) is 39.0. The molecule has 1 saturated heterocycles. The molecule has 2 aliphatic rings. The van der Waals surface area contributed by atoms with Crippen molar-refractivity contribution in [2.45, 2.75) is 66.0 Å². The standard InChI is InChI=1S/C18H31N3O3/c1-6-8-19-17(24)20-15(18(4,5)7-2)16(23)21-10-12-9-13(12)14(21)11(3)22/h12-15H,6-10H2,1-5H3,(H2,19,20,24)/t12-,13-,14?,15?/m0/s1. The van der Waals surface area contributed by atoms with E-state index in [1.54, 1.807) is 11.8 Å². The molecule has 6 heteroatoms. The van der Waals surface area contributed by atoms with Gasteiger partial charge in [0.05, 0.1) is 6.04 Å². The van der Waals surface area contributed by atoms with Gasteiger partial charge >= 0.3 is 6.03 Å². The maximum atomic E-state index is 13.2. The highest BCUT2D eigenvalue weighted by molar-refractivity contribution is 5.93. The Bertz CT molecular complexity index is 518. The monoisotopic (exact) mass is 337 g/mol. The fourth-order valence-corrected chi connectivity index (χ4v) is 3.59. The number of urea groups is 1. The molecular formula is C18H31N3O3. The Balaban J connectivity index is 2.15. The van der Waals surface area contributed by atoms with E-state index >= 15 is 0 Å². The van der Waals surface area contributed by atoms with Gasteiger partial charge in [0.1, 0.15) is 6.04 Å². The van der Waals surface area contributed by atoms with Crippen LogP contribution < -0.4 is 10.6 Å². The van der Waals surface area contributed by atoms with Gasteiger partial charge in [0.15, 0.2) is 5.78 Å². The SMILES string of the molecule is CCCNC(=O)NC(C(=O)N1C[C@@H]2C[C@@H]2C1C(C)=O)C(C)(C)CC. The lowest BCUT2D eigenvalue weighted by molar-refractivity contribution is -0.142. The third kappa shape index (κ3) is 3.73. The Morgan fingerprint density at radius 3 is 2.46 bits per heavy atom. The van der Waals surface area contributed by atoms with E-state index in [1.807, 2.05) is 27.7 Å². The first kappa shape index (κ1) is 18.7. The highest BCUT2D eigenvalue weighted by Gasteiger charge is 2.57. The quantitative estimate of drug-likeness (QED) is 0.745. The fourth-order valence-electron chi connectivity index (χ4n) is 3.59. The molecule has 3 amide bonds. The minimum Gasteiger partial charge on any atom is -0.338 e. The van der Waals surface area contributed by atoms with Crippen LogP contribution in [0.5, 0.6) is 0 Å². The number of ketones is 1. The number of rotatable bonds is 7. The van der Waals surface area contributed by atoms with Gasteiger partial charge in [-0.05, 0) is 43.4 Å². The molecule has 2 fully saturated rings. The molecule has 2 rings (SSSR count). The van der Waals surface area contributed by atoms with Crippen LogP contribution in [0.1, 0.15) is 53.9 Å². The molecule has 0 bridgehead atoms. The highest BCUT2D eigenvalue weighted by atomic mass is 16.2. The number of fused-ring (bicyclic) bond motifs is 1. The van der Waals surface area contributed by atoms with Crippen LogP contribution in [0.15, 0.2) is 0 Å². The minimum atomic E-state index is -0.626. The van der Waals surface area contributed by atoms with Crippen LogP contribution in [0, 0.1) is 17.3 Å². The Labute approximate surface area is 144 Å². The summed E-state index contributed by atoms with van der Waals surface area (Å²) >= 11 is 0. The number of nitrogens with zero attached hydrogens (tertiary/aromatic N) is 1. The van der Waals surface area contributed by atoms with Gasteiger partial charge in [-0.3, -0.25) is 9.59 Å². The molecule has 1 aliphatic heterocycles. The van der Waals surface area contributed by atoms with Crippen molar-refractivity contribution >= 4 is 17.7 Å². The van der Waals surface area contributed by atoms with Gasteiger partial charge in [0, 0.05) is 13.1 Å². The number of nitrogens with one attached hydrogen (secondary N) is 2. The second-order valence-corrected chi connectivity index (χ2v) is 7.88. The lowest BCUT2D eigenvalue weighted by Gasteiger charge is -2.37. The average Bonchev–Trinajstić information content (AvgIpc) is 3.18. The number of Topliss-reactive ketones (excluding diaryl/α,β-unsaturated/α-hetero) is 1. The average molecular weight is 337 g/mol. The van der Waals surface area contributed by atoms with Crippen LogP contribution in [0.2, 0.25) is 0 Å². The summed E-state index contributed by atoms with van der Waals surface area (Å²) in [7, 11) is 0. The molecule has 1 aliphatic carbocycles. The second-order valence-electron chi connectivity index (χ2n) is 7.88. The molecule has 0 radical (unpaired) electrons. The van der Waals surface area contributed by atoms with E-state index in [0.717, 1.165) is 19.3 Å². The van der Waals surface area contributed by atoms with Crippen molar-refractivity contribution in [2.24, 2.45) is 17.3 Å². The molecule has 4 atom stereocenters. The summed E-state index contributed by atoms with van der Waals surface area (Å²) in [5, 5.41) is 5.62. The fraction of sp³-hybridized carbons (Fsp3) is 0.833. The molecule has 0 spiro atoms. The Kier molecular flexibility index (Phi) is 5.56. The van der Waals surface area contributed by atoms with Gasteiger partial charge in [0.2, 0.25) is 5.91 Å². The number of carbonyl (C=O) groups excluding carboxylic acids is 3. The summed E-state index contributed by atoms with van der Waals surface area (Å²) < 4.78 is 0. The summed E-state index contributed by atoms with van der Waals surface area (Å²) in [5.41, 5.74) is -0.380. The van der Waals surface area contributed by atoms with Crippen LogP contribution in [0.3, 0.4) is 0 Å². The molecule has 136 valence electrons. The van der Waals surface area contributed by atoms with E-state index in [2.05, 4.69) is 10.6 Å². The molecule has 6 nitrogen and oxygen atoms in total. The van der Waals surface area contributed by atoms with Crippen molar-refractivity contribution in [1.29, 1.82) is 0 Å². The molecule has 2 N–H and O–H groups in total. The van der Waals surface area contributed by atoms with E-state index < -0.39 is 6.04 Å². The van der Waals surface area contributed by atoms with E-state index in [4.69, 9.17) is 0 Å². The van der Waals surface area contributed by atoms with E-state index in [-0.39, 0.29) is 29.2 Å². The number of piperidine rings is 1. The number of hydrogen-bond donors (Lipinski definition) is 2. The maximum absolute atomic E-state index is 13.2. The van der Waals surface area contributed by atoms with Gasteiger partial charge in [0.25, 0.3) is 0 Å². The molecule has 0 aromatic rings. The zero-order chi connectivity index (χ0) is 18.1. The first-order chi connectivity index (χ1) is 11.2. The zero-order valence-corrected chi connectivity index (χ0v) is 15.5. The molecule has 2 unspecified atom stereocenters. The predicted octanol–water partition coefficient (Wildman–Crippen LogP) is 1.94. The Hall–Kier alpha value is -1.59. The van der Waals surface area contributed by atoms with Crippen molar-refractivity contribution in [3.63, 3.8) is 0 Å². The molecule has 0 aromatic carbocycles. The van der Waals surface area contributed by atoms with Gasteiger partial charge < -0.3 is 15.5 Å². The zero-order valence-electron chi connectivity index (χ0n) is 15.5. The van der Waals surface area contributed by atoms with E-state index in [9.17, 15) is 14.4 Å². The third-order valence-electron chi connectivity index (χ3n) is 5.60. The van der Waals surface area contributed by atoms with Gasteiger partial charge in [-0.1, -0.05) is 27.7 Å². The maximum Gasteiger partial charge on any atom is 0.315 e. The van der Waals surface area contributed by atoms with Crippen LogP contribution in [0.25, 0.3) is 0 Å². The van der Waals surface area contributed by atoms with Crippen molar-refractivity contribution in [1.82, 2.24) is 15.5 Å². The van der Waals surface area contributed by atoms with Crippen LogP contribution in [-0.2, 0) is 9.59 Å². The van der Waals surface area contributed by atoms with Crippen LogP contribution in [0.4, 0.5) is 4.79 Å². The van der Waals surface area contributed by atoms with Gasteiger partial charge in [-0.15, -0.1) is 0 Å². The smallest absolute Gasteiger partial charge is 0.315 e. The summed E-state index contributed by atoms with van der Waals surface area (Å²) in [6.07, 6.45) is 2.63. The first-order valence-corrected chi connectivity index (χ1v) is 9.08. The number of likely N-dealkylation sites (tertiary alicyclic amines) is 1. The lowest BCUT2D eigenvalue weighted by Crippen LogP contribution is -2.59. The van der Waals surface area contributed by atoms with E-state index in [0.29, 0.717) is 24.9 Å².